The number of aromatic nitrogens is 3. The lowest BCUT2D eigenvalue weighted by Crippen LogP contribution is -2.62. The Kier molecular flexibility index (Phi) is 13.9. The molecule has 2 aromatic heterocycles. The number of carbonyl (C=O) groups is 6. The van der Waals surface area contributed by atoms with Crippen molar-refractivity contribution in [1.29, 1.82) is 0 Å². The lowest BCUT2D eigenvalue weighted by atomic mass is 9.82. The van der Waals surface area contributed by atoms with Crippen LogP contribution in [-0.4, -0.2) is 98.0 Å². The second kappa shape index (κ2) is 18.6. The minimum atomic E-state index is -1.12. The summed E-state index contributed by atoms with van der Waals surface area (Å²) in [5.41, 5.74) is 0.169. The molecule has 5 amide bonds. The van der Waals surface area contributed by atoms with Gasteiger partial charge in [-0.15, -0.1) is 0 Å². The number of amides is 5. The van der Waals surface area contributed by atoms with E-state index in [9.17, 15) is 28.8 Å². The van der Waals surface area contributed by atoms with E-state index in [1.807, 2.05) is 40.7 Å². The van der Waals surface area contributed by atoms with Crippen molar-refractivity contribution in [3.05, 3.63) is 48.2 Å². The number of rotatable bonds is 16. The molecule has 1 aliphatic heterocycles. The maximum Gasteiger partial charge on any atom is 0.289 e. The third kappa shape index (κ3) is 11.3. The fraction of sp³-hybridized carbons (Fsp3) is 0.625. The van der Waals surface area contributed by atoms with Crippen LogP contribution in [0.4, 0.5) is 0 Å². The van der Waals surface area contributed by atoms with Crippen LogP contribution < -0.4 is 26.0 Å². The summed E-state index contributed by atoms with van der Waals surface area (Å²) in [5.74, 6) is -3.47. The topological polar surface area (TPSA) is 202 Å². The molecule has 0 bridgehead atoms. The van der Waals surface area contributed by atoms with E-state index in [1.54, 1.807) is 12.3 Å². The van der Waals surface area contributed by atoms with Crippen molar-refractivity contribution in [1.82, 2.24) is 41.1 Å². The van der Waals surface area contributed by atoms with Crippen molar-refractivity contribution in [2.45, 2.75) is 142 Å². The second-order valence-corrected chi connectivity index (χ2v) is 16.2. The van der Waals surface area contributed by atoms with E-state index in [0.29, 0.717) is 12.3 Å². The van der Waals surface area contributed by atoms with Gasteiger partial charge in [-0.05, 0) is 55.9 Å². The smallest absolute Gasteiger partial charge is 0.289 e. The standard InChI is InChI=1S/C40H56N8O7/c1-6-7-13-28(33(49)38(53)44-26-15-16-26)45-36(51)30-20-27(55-31-17-14-24(2)21-43-31)23-48(30)39(54)34(40(3,4)5)47-37(52)32(25-11-9-8-10-12-25)46-35(50)29-22-41-18-19-42-29/h14,17-19,21-22,25-28,30,32,34H,6-13,15-16,20,23H2,1-5H3,(H,44,53)(H,45,51)(H,46,50)(H,47,52)/t27-,28-,30+,32+,34-/m1/s1. The number of ketones is 1. The molecular weight excluding hydrogens is 704 g/mol. The minimum Gasteiger partial charge on any atom is -0.472 e. The number of aryl methyl sites for hydroxylation is 1. The number of nitrogens with one attached hydrogen (secondary N) is 4. The maximum atomic E-state index is 14.8. The Morgan fingerprint density at radius 3 is 2.29 bits per heavy atom. The lowest BCUT2D eigenvalue weighted by Gasteiger charge is -2.37. The van der Waals surface area contributed by atoms with Gasteiger partial charge >= 0.3 is 0 Å². The molecule has 298 valence electrons. The molecule has 0 spiro atoms. The monoisotopic (exact) mass is 760 g/mol. The molecule has 5 atom stereocenters. The molecule has 5 rings (SSSR count). The molecule has 15 heteroatoms. The largest absolute Gasteiger partial charge is 0.472 e. The number of pyridine rings is 1. The molecule has 4 N–H and O–H groups in total. The summed E-state index contributed by atoms with van der Waals surface area (Å²) in [6, 6.07) is -0.691. The normalized spacial score (nSPS) is 20.4. The highest BCUT2D eigenvalue weighted by Crippen LogP contribution is 2.30. The lowest BCUT2D eigenvalue weighted by molar-refractivity contribution is -0.145. The first-order valence-corrected chi connectivity index (χ1v) is 19.7. The van der Waals surface area contributed by atoms with Gasteiger partial charge in [0.1, 0.15) is 29.9 Å². The molecule has 15 nitrogen and oxygen atoms in total. The third-order valence-electron chi connectivity index (χ3n) is 10.5. The van der Waals surface area contributed by atoms with Crippen molar-refractivity contribution in [2.75, 3.05) is 6.54 Å². The van der Waals surface area contributed by atoms with Crippen LogP contribution in [0, 0.1) is 18.3 Å². The molecule has 0 aromatic carbocycles. The summed E-state index contributed by atoms with van der Waals surface area (Å²) >= 11 is 0. The minimum absolute atomic E-state index is 0.000131. The van der Waals surface area contributed by atoms with Gasteiger partial charge in [-0.25, -0.2) is 9.97 Å². The van der Waals surface area contributed by atoms with E-state index in [0.717, 1.165) is 56.9 Å². The molecule has 2 aromatic rings. The van der Waals surface area contributed by atoms with Crippen molar-refractivity contribution in [2.24, 2.45) is 11.3 Å². The van der Waals surface area contributed by atoms with Gasteiger partial charge in [0.05, 0.1) is 18.8 Å². The Bertz CT molecular complexity index is 1670. The van der Waals surface area contributed by atoms with Crippen LogP contribution in [0.3, 0.4) is 0 Å². The number of carbonyl (C=O) groups excluding carboxylic acids is 6. The van der Waals surface area contributed by atoms with Crippen LogP contribution in [0.15, 0.2) is 36.9 Å². The molecule has 3 heterocycles. The van der Waals surface area contributed by atoms with E-state index >= 15 is 0 Å². The molecular formula is C40H56N8O7. The van der Waals surface area contributed by atoms with Gasteiger partial charge in [0.2, 0.25) is 29.4 Å². The van der Waals surface area contributed by atoms with E-state index in [-0.39, 0.29) is 37.0 Å². The second-order valence-electron chi connectivity index (χ2n) is 16.2. The van der Waals surface area contributed by atoms with Gasteiger partial charge in [-0.1, -0.05) is 65.9 Å². The Balaban J connectivity index is 1.40. The van der Waals surface area contributed by atoms with Crippen LogP contribution in [0.25, 0.3) is 0 Å². The molecule has 0 unspecified atom stereocenters. The summed E-state index contributed by atoms with van der Waals surface area (Å²) in [6.07, 6.45) is 12.8. The maximum absolute atomic E-state index is 14.8. The zero-order valence-electron chi connectivity index (χ0n) is 32.6. The third-order valence-corrected chi connectivity index (χ3v) is 10.5. The zero-order valence-corrected chi connectivity index (χ0v) is 32.6. The number of Topliss-reactive ketones (excluding diaryl/α,β-unsaturated/α-hetero) is 1. The van der Waals surface area contributed by atoms with Crippen molar-refractivity contribution in [3.63, 3.8) is 0 Å². The fourth-order valence-electron chi connectivity index (χ4n) is 7.20. The molecule has 2 saturated carbocycles. The first kappa shape index (κ1) is 41.2. The first-order chi connectivity index (χ1) is 26.2. The van der Waals surface area contributed by atoms with E-state index in [1.165, 1.54) is 23.5 Å². The quantitative estimate of drug-likeness (QED) is 0.184. The highest BCUT2D eigenvalue weighted by atomic mass is 16.5. The summed E-state index contributed by atoms with van der Waals surface area (Å²) in [4.78, 5) is 96.4. The predicted molar refractivity (Wildman–Crippen MR) is 202 cm³/mol. The number of hydrogen-bond donors (Lipinski definition) is 4. The Morgan fingerprint density at radius 1 is 0.927 bits per heavy atom. The Hall–Kier alpha value is -4.95. The predicted octanol–water partition coefficient (Wildman–Crippen LogP) is 2.96. The van der Waals surface area contributed by atoms with Crippen LogP contribution in [-0.2, 0) is 24.0 Å². The van der Waals surface area contributed by atoms with Crippen LogP contribution >= 0.6 is 0 Å². The van der Waals surface area contributed by atoms with Crippen LogP contribution in [0.5, 0.6) is 5.88 Å². The number of likely N-dealkylation sites (tertiary alicyclic amines) is 1. The highest BCUT2D eigenvalue weighted by molar-refractivity contribution is 6.38. The molecule has 2 aliphatic carbocycles. The summed E-state index contributed by atoms with van der Waals surface area (Å²) in [7, 11) is 0. The zero-order chi connectivity index (χ0) is 39.7. The Morgan fingerprint density at radius 2 is 1.67 bits per heavy atom. The van der Waals surface area contributed by atoms with Gasteiger partial charge in [0.25, 0.3) is 11.8 Å². The first-order valence-electron chi connectivity index (χ1n) is 19.7. The van der Waals surface area contributed by atoms with Gasteiger partial charge in [0.15, 0.2) is 0 Å². The summed E-state index contributed by atoms with van der Waals surface area (Å²) in [5, 5.41) is 11.4. The van der Waals surface area contributed by atoms with Crippen molar-refractivity contribution in [3.8, 4) is 5.88 Å². The van der Waals surface area contributed by atoms with Gasteiger partial charge in [-0.2, -0.15) is 0 Å². The SMILES string of the molecule is CCCC[C@@H](NC(=O)[C@@H]1C[C@@H](Oc2ccc(C)cn2)CN1C(=O)[C@@H](NC(=O)[C@@H](NC(=O)c1cnccn1)C1CCCCC1)C(C)(C)C)C(=O)C(=O)NC1CC1. The van der Waals surface area contributed by atoms with E-state index < -0.39 is 71.0 Å². The van der Waals surface area contributed by atoms with Crippen LogP contribution in [0.1, 0.15) is 114 Å². The van der Waals surface area contributed by atoms with Crippen molar-refractivity contribution < 1.29 is 33.5 Å². The summed E-state index contributed by atoms with van der Waals surface area (Å²) < 4.78 is 6.19. The van der Waals surface area contributed by atoms with E-state index in [2.05, 4.69) is 36.2 Å². The van der Waals surface area contributed by atoms with Gasteiger partial charge < -0.3 is 30.9 Å². The number of hydrogen-bond acceptors (Lipinski definition) is 10. The average Bonchev–Trinajstić information content (AvgIpc) is 3.89. The molecule has 1 saturated heterocycles. The highest BCUT2D eigenvalue weighted by Gasteiger charge is 2.47. The Labute approximate surface area is 322 Å². The molecule has 3 fully saturated rings. The number of ether oxygens (including phenoxy) is 1. The van der Waals surface area contributed by atoms with Crippen molar-refractivity contribution >= 4 is 35.3 Å². The van der Waals surface area contributed by atoms with Crippen LogP contribution in [0.2, 0.25) is 0 Å². The molecule has 3 aliphatic rings. The number of unbranched alkanes of at least 4 members (excludes halogenated alkanes) is 1. The number of nitrogens with zero attached hydrogens (tertiary/aromatic N) is 4. The van der Waals surface area contributed by atoms with Gasteiger partial charge in [0, 0.05) is 37.1 Å². The average molecular weight is 761 g/mol. The summed E-state index contributed by atoms with van der Waals surface area (Å²) in [6.45, 7) is 9.30. The van der Waals surface area contributed by atoms with Gasteiger partial charge in [-0.3, -0.25) is 33.8 Å². The fourth-order valence-corrected chi connectivity index (χ4v) is 7.20. The van der Waals surface area contributed by atoms with E-state index in [4.69, 9.17) is 4.74 Å². The molecule has 55 heavy (non-hydrogen) atoms. The molecule has 0 radical (unpaired) electrons.